The Balaban J connectivity index is 2.89. The number of sulfonamides is 1. The number of halogens is 1. The van der Waals surface area contributed by atoms with Crippen molar-refractivity contribution in [2.24, 2.45) is 5.92 Å². The van der Waals surface area contributed by atoms with Gasteiger partial charge in [-0.05, 0) is 31.0 Å². The Kier molecular flexibility index (Phi) is 8.01. The van der Waals surface area contributed by atoms with Crippen molar-refractivity contribution < 1.29 is 27.6 Å². The van der Waals surface area contributed by atoms with Crippen molar-refractivity contribution in [1.29, 1.82) is 0 Å². The summed E-state index contributed by atoms with van der Waals surface area (Å²) in [4.78, 5) is 28.3. The second kappa shape index (κ2) is 9.31. The third kappa shape index (κ3) is 5.66. The Hall–Kier alpha value is -1.68. The number of nitrogens with one attached hydrogen (secondary N) is 1. The van der Waals surface area contributed by atoms with Gasteiger partial charge >= 0.3 is 5.97 Å². The van der Waals surface area contributed by atoms with E-state index < -0.39 is 28.5 Å². The quantitative estimate of drug-likeness (QED) is 0.522. The van der Waals surface area contributed by atoms with E-state index >= 15 is 0 Å². The summed E-state index contributed by atoms with van der Waals surface area (Å²) < 4.78 is 30.2. The number of amides is 1. The lowest BCUT2D eigenvalue weighted by Crippen LogP contribution is -2.38. The summed E-state index contributed by atoms with van der Waals surface area (Å²) in [6.45, 7) is 5.26. The van der Waals surface area contributed by atoms with Crippen molar-refractivity contribution in [1.82, 2.24) is 9.79 Å². The van der Waals surface area contributed by atoms with Crippen LogP contribution in [-0.4, -0.2) is 51.6 Å². The molecule has 1 aromatic carbocycles. The fourth-order valence-electron chi connectivity index (χ4n) is 1.74. The van der Waals surface area contributed by atoms with Crippen molar-refractivity contribution in [3.63, 3.8) is 0 Å². The van der Waals surface area contributed by atoms with Gasteiger partial charge in [0.1, 0.15) is 4.90 Å². The van der Waals surface area contributed by atoms with E-state index in [0.29, 0.717) is 4.47 Å². The molecule has 146 valence electrons. The lowest BCUT2D eigenvalue weighted by atomic mass is 10.1. The van der Waals surface area contributed by atoms with Crippen LogP contribution in [0.15, 0.2) is 23.1 Å². The molecule has 0 aliphatic rings. The molecule has 1 unspecified atom stereocenters. The van der Waals surface area contributed by atoms with E-state index in [1.165, 1.54) is 26.3 Å². The molecule has 0 radical (unpaired) electrons. The average Bonchev–Trinajstić information content (AvgIpc) is 2.58. The Morgan fingerprint density at radius 1 is 1.27 bits per heavy atom. The number of hydroxylamine groups is 1. The van der Waals surface area contributed by atoms with Crippen LogP contribution in [0, 0.1) is 5.92 Å². The minimum Gasteiger partial charge on any atom is -0.452 e. The number of hydrogen-bond acceptors (Lipinski definition) is 6. The minimum absolute atomic E-state index is 0.0535. The number of nitrogens with zero attached hydrogens (tertiary/aromatic N) is 1. The van der Waals surface area contributed by atoms with Gasteiger partial charge in [-0.3, -0.25) is 9.63 Å². The molecule has 0 heterocycles. The van der Waals surface area contributed by atoms with E-state index in [-0.39, 0.29) is 27.4 Å². The van der Waals surface area contributed by atoms with Crippen LogP contribution in [0.2, 0.25) is 5.02 Å². The van der Waals surface area contributed by atoms with Crippen LogP contribution in [0.5, 0.6) is 0 Å². The second-order valence-corrected chi connectivity index (χ2v) is 8.23. The monoisotopic (exact) mass is 406 g/mol. The second-order valence-electron chi connectivity index (χ2n) is 5.92. The van der Waals surface area contributed by atoms with Crippen molar-refractivity contribution in [3.05, 3.63) is 28.8 Å². The molecule has 0 aliphatic heterocycles. The summed E-state index contributed by atoms with van der Waals surface area (Å²) in [6.07, 6.45) is 0. The fourth-order valence-corrected chi connectivity index (χ4v) is 3.21. The third-order valence-electron chi connectivity index (χ3n) is 3.76. The Morgan fingerprint density at radius 3 is 2.42 bits per heavy atom. The number of carbonyl (C=O) groups excluding carboxylic acids is 2. The van der Waals surface area contributed by atoms with Gasteiger partial charge in [0.2, 0.25) is 0 Å². The number of benzene rings is 1. The van der Waals surface area contributed by atoms with Gasteiger partial charge in [0.05, 0.1) is 17.7 Å². The first-order valence-corrected chi connectivity index (χ1v) is 9.61. The Labute approximate surface area is 158 Å². The summed E-state index contributed by atoms with van der Waals surface area (Å²) in [5, 5.41) is 2.62. The molecule has 1 N–H and O–H groups in total. The highest BCUT2D eigenvalue weighted by molar-refractivity contribution is 7.89. The maximum Gasteiger partial charge on any atom is 0.338 e. The van der Waals surface area contributed by atoms with E-state index in [0.717, 1.165) is 6.07 Å². The van der Waals surface area contributed by atoms with Gasteiger partial charge in [-0.1, -0.05) is 29.9 Å². The lowest BCUT2D eigenvalue weighted by molar-refractivity contribution is -0.125. The largest absolute Gasteiger partial charge is 0.452 e. The highest BCUT2D eigenvalue weighted by Crippen LogP contribution is 2.25. The first-order chi connectivity index (χ1) is 12.0. The molecule has 0 saturated carbocycles. The minimum atomic E-state index is -4.04. The summed E-state index contributed by atoms with van der Waals surface area (Å²) in [6, 6.07) is 3.57. The first kappa shape index (κ1) is 22.4. The van der Waals surface area contributed by atoms with Crippen molar-refractivity contribution in [3.8, 4) is 0 Å². The van der Waals surface area contributed by atoms with Crippen LogP contribution in [0.25, 0.3) is 0 Å². The maximum absolute atomic E-state index is 12.3. The standard InChI is InChI=1S/C16H23ClN2O6S/c1-10(2)11(3)18-15(20)9-25-16(21)12-6-7-13(17)14(8-12)26(22,23)19(4)24-5/h6-8,10-11H,9H2,1-5H3,(H,18,20). The third-order valence-corrected chi connectivity index (χ3v) is 5.92. The van der Waals surface area contributed by atoms with Gasteiger partial charge in [-0.25, -0.2) is 13.2 Å². The molecule has 1 amide bonds. The molecule has 1 atom stereocenters. The zero-order valence-electron chi connectivity index (χ0n) is 15.3. The van der Waals surface area contributed by atoms with Gasteiger partial charge < -0.3 is 10.1 Å². The van der Waals surface area contributed by atoms with E-state index in [1.54, 1.807) is 0 Å². The molecule has 0 bridgehead atoms. The average molecular weight is 407 g/mol. The van der Waals surface area contributed by atoms with E-state index in [9.17, 15) is 18.0 Å². The Morgan fingerprint density at radius 2 is 1.88 bits per heavy atom. The molecule has 0 aromatic heterocycles. The van der Waals surface area contributed by atoms with Crippen molar-refractivity contribution in [2.75, 3.05) is 20.8 Å². The van der Waals surface area contributed by atoms with Crippen LogP contribution in [0.3, 0.4) is 0 Å². The normalized spacial score (nSPS) is 12.9. The molecular weight excluding hydrogens is 384 g/mol. The van der Waals surface area contributed by atoms with Crippen LogP contribution in [0.1, 0.15) is 31.1 Å². The van der Waals surface area contributed by atoms with Crippen LogP contribution < -0.4 is 5.32 Å². The van der Waals surface area contributed by atoms with Gasteiger partial charge in [-0.15, -0.1) is 0 Å². The summed E-state index contributed by atoms with van der Waals surface area (Å²) in [5.41, 5.74) is -0.0535. The molecule has 0 fully saturated rings. The summed E-state index contributed by atoms with van der Waals surface area (Å²) >= 11 is 5.92. The predicted molar refractivity (Wildman–Crippen MR) is 96.1 cm³/mol. The van der Waals surface area contributed by atoms with Gasteiger partial charge in [0.15, 0.2) is 6.61 Å². The molecule has 0 aliphatic carbocycles. The van der Waals surface area contributed by atoms with Gasteiger partial charge in [0, 0.05) is 13.1 Å². The molecule has 1 aromatic rings. The van der Waals surface area contributed by atoms with Gasteiger partial charge in [-0.2, -0.15) is 0 Å². The topological polar surface area (TPSA) is 102 Å². The molecule has 10 heteroatoms. The molecule has 26 heavy (non-hydrogen) atoms. The van der Waals surface area contributed by atoms with E-state index in [4.69, 9.17) is 16.3 Å². The molecular formula is C16H23ClN2O6S. The number of hydrogen-bond donors (Lipinski definition) is 1. The first-order valence-electron chi connectivity index (χ1n) is 7.79. The van der Waals surface area contributed by atoms with E-state index in [1.807, 2.05) is 20.8 Å². The Bertz CT molecular complexity index is 766. The van der Waals surface area contributed by atoms with Crippen LogP contribution >= 0.6 is 11.6 Å². The smallest absolute Gasteiger partial charge is 0.338 e. The summed E-state index contributed by atoms with van der Waals surface area (Å²) in [7, 11) is -1.67. The zero-order valence-corrected chi connectivity index (χ0v) is 16.8. The highest BCUT2D eigenvalue weighted by atomic mass is 35.5. The fraction of sp³-hybridized carbons (Fsp3) is 0.500. The molecule has 0 saturated heterocycles. The number of rotatable bonds is 8. The molecule has 1 rings (SSSR count). The summed E-state index contributed by atoms with van der Waals surface area (Å²) in [5.74, 6) is -1.05. The van der Waals surface area contributed by atoms with Crippen LogP contribution in [0.4, 0.5) is 0 Å². The molecule has 0 spiro atoms. The highest BCUT2D eigenvalue weighted by Gasteiger charge is 2.25. The van der Waals surface area contributed by atoms with E-state index in [2.05, 4.69) is 10.2 Å². The predicted octanol–water partition coefficient (Wildman–Crippen LogP) is 1.84. The number of esters is 1. The van der Waals surface area contributed by atoms with Crippen LogP contribution in [-0.2, 0) is 24.4 Å². The lowest BCUT2D eigenvalue weighted by Gasteiger charge is -2.17. The SMILES string of the molecule is CON(C)S(=O)(=O)c1cc(C(=O)OCC(=O)NC(C)C(C)C)ccc1Cl. The van der Waals surface area contributed by atoms with Crippen molar-refractivity contribution >= 4 is 33.5 Å². The van der Waals surface area contributed by atoms with Gasteiger partial charge in [0.25, 0.3) is 15.9 Å². The number of ether oxygens (including phenoxy) is 1. The zero-order chi connectivity index (χ0) is 20.1. The number of carbonyl (C=O) groups is 2. The maximum atomic E-state index is 12.3. The van der Waals surface area contributed by atoms with Crippen molar-refractivity contribution in [2.45, 2.75) is 31.7 Å². The molecule has 8 nitrogen and oxygen atoms in total.